The highest BCUT2D eigenvalue weighted by Gasteiger charge is 2.14. The van der Waals surface area contributed by atoms with E-state index in [0.29, 0.717) is 17.8 Å². The summed E-state index contributed by atoms with van der Waals surface area (Å²) in [7, 11) is -3.63. The van der Waals surface area contributed by atoms with E-state index in [1.807, 2.05) is 6.92 Å². The molecule has 0 atom stereocenters. The van der Waals surface area contributed by atoms with Crippen LogP contribution in [0.1, 0.15) is 25.3 Å². The molecule has 8 nitrogen and oxygen atoms in total. The normalized spacial score (nSPS) is 11.1. The average molecular weight is 391 g/mol. The van der Waals surface area contributed by atoms with Crippen molar-refractivity contribution in [2.45, 2.75) is 31.1 Å². The molecule has 0 aliphatic heterocycles. The Labute approximate surface area is 157 Å². The van der Waals surface area contributed by atoms with E-state index in [-0.39, 0.29) is 22.9 Å². The quantitative estimate of drug-likeness (QED) is 0.387. The van der Waals surface area contributed by atoms with E-state index in [9.17, 15) is 23.3 Å². The summed E-state index contributed by atoms with van der Waals surface area (Å²) in [6.45, 7) is 2.32. The van der Waals surface area contributed by atoms with E-state index in [4.69, 9.17) is 0 Å². The van der Waals surface area contributed by atoms with Gasteiger partial charge in [0.15, 0.2) is 0 Å². The van der Waals surface area contributed by atoms with Crippen molar-refractivity contribution in [3.05, 3.63) is 64.2 Å². The van der Waals surface area contributed by atoms with Crippen LogP contribution in [0.4, 0.5) is 11.4 Å². The van der Waals surface area contributed by atoms with Gasteiger partial charge in [0.25, 0.3) is 5.69 Å². The SMILES string of the molecule is CCCCNS(=O)(=O)c1cccc(NC(=O)Cc2ccc([N+](=O)[O-])cc2)c1. The smallest absolute Gasteiger partial charge is 0.269 e. The van der Waals surface area contributed by atoms with Gasteiger partial charge in [-0.25, -0.2) is 13.1 Å². The topological polar surface area (TPSA) is 118 Å². The molecule has 144 valence electrons. The lowest BCUT2D eigenvalue weighted by Gasteiger charge is -2.09. The monoisotopic (exact) mass is 391 g/mol. The van der Waals surface area contributed by atoms with Gasteiger partial charge >= 0.3 is 0 Å². The molecular formula is C18H21N3O5S. The number of rotatable bonds is 9. The van der Waals surface area contributed by atoms with Gasteiger partial charge in [-0.3, -0.25) is 14.9 Å². The molecular weight excluding hydrogens is 370 g/mol. The van der Waals surface area contributed by atoms with Crippen LogP contribution >= 0.6 is 0 Å². The summed E-state index contributed by atoms with van der Waals surface area (Å²) >= 11 is 0. The fourth-order valence-electron chi connectivity index (χ4n) is 2.33. The molecule has 0 aromatic heterocycles. The molecule has 0 unspecified atom stereocenters. The van der Waals surface area contributed by atoms with E-state index in [1.54, 1.807) is 12.1 Å². The number of nitrogens with one attached hydrogen (secondary N) is 2. The van der Waals surface area contributed by atoms with Crippen LogP contribution in [0.2, 0.25) is 0 Å². The lowest BCUT2D eigenvalue weighted by molar-refractivity contribution is -0.384. The maximum absolute atomic E-state index is 12.2. The van der Waals surface area contributed by atoms with Crippen LogP contribution in [0.3, 0.4) is 0 Å². The number of hydrogen-bond acceptors (Lipinski definition) is 5. The number of carbonyl (C=O) groups excluding carboxylic acids is 1. The molecule has 0 radical (unpaired) electrons. The standard InChI is InChI=1S/C18H21N3O5S/c1-2-3-11-19-27(25,26)17-6-4-5-15(13-17)20-18(22)12-14-7-9-16(10-8-14)21(23)24/h4-10,13,19H,2-3,11-12H2,1H3,(H,20,22). The van der Waals surface area contributed by atoms with Crippen LogP contribution in [0.25, 0.3) is 0 Å². The number of benzene rings is 2. The second kappa shape index (κ2) is 9.24. The Morgan fingerprint density at radius 2 is 1.85 bits per heavy atom. The number of nitro benzene ring substituents is 1. The van der Waals surface area contributed by atoms with Crippen LogP contribution < -0.4 is 10.0 Å². The first kappa shape index (κ1) is 20.5. The van der Waals surface area contributed by atoms with Gasteiger partial charge < -0.3 is 5.32 Å². The molecule has 0 saturated carbocycles. The molecule has 0 heterocycles. The molecule has 0 aliphatic carbocycles. The van der Waals surface area contributed by atoms with E-state index < -0.39 is 14.9 Å². The second-order valence-electron chi connectivity index (χ2n) is 5.93. The first-order chi connectivity index (χ1) is 12.8. The number of amides is 1. The van der Waals surface area contributed by atoms with E-state index >= 15 is 0 Å². The minimum absolute atomic E-state index is 0.0176. The van der Waals surface area contributed by atoms with Crippen LogP contribution in [-0.2, 0) is 21.2 Å². The molecule has 0 fully saturated rings. The zero-order chi connectivity index (χ0) is 19.9. The molecule has 2 aromatic carbocycles. The number of nitro groups is 1. The highest BCUT2D eigenvalue weighted by Crippen LogP contribution is 2.17. The van der Waals surface area contributed by atoms with Gasteiger partial charge in [-0.1, -0.05) is 31.5 Å². The van der Waals surface area contributed by atoms with Gasteiger partial charge in [0.05, 0.1) is 16.2 Å². The van der Waals surface area contributed by atoms with Crippen molar-refractivity contribution < 1.29 is 18.1 Å². The predicted molar refractivity (Wildman–Crippen MR) is 102 cm³/mol. The number of anilines is 1. The van der Waals surface area contributed by atoms with Gasteiger partial charge in [-0.2, -0.15) is 0 Å². The van der Waals surface area contributed by atoms with Gasteiger partial charge in [-0.05, 0) is 30.2 Å². The van der Waals surface area contributed by atoms with Gasteiger partial charge in [0.2, 0.25) is 15.9 Å². The minimum Gasteiger partial charge on any atom is -0.326 e. The molecule has 2 aromatic rings. The number of hydrogen-bond donors (Lipinski definition) is 2. The fourth-order valence-corrected chi connectivity index (χ4v) is 3.45. The Morgan fingerprint density at radius 3 is 2.48 bits per heavy atom. The lowest BCUT2D eigenvalue weighted by atomic mass is 10.1. The Balaban J connectivity index is 2.02. The Hall–Kier alpha value is -2.78. The third-order valence-electron chi connectivity index (χ3n) is 3.76. The summed E-state index contributed by atoms with van der Waals surface area (Å²) in [5, 5.41) is 13.3. The number of nitrogens with zero attached hydrogens (tertiary/aromatic N) is 1. The Kier molecular flexibility index (Phi) is 7.03. The van der Waals surface area contributed by atoms with E-state index in [2.05, 4.69) is 10.0 Å². The zero-order valence-electron chi connectivity index (χ0n) is 14.8. The van der Waals surface area contributed by atoms with Crippen LogP contribution in [0.5, 0.6) is 0 Å². The maximum atomic E-state index is 12.2. The third-order valence-corrected chi connectivity index (χ3v) is 5.22. The van der Waals surface area contributed by atoms with Crippen LogP contribution in [0, 0.1) is 10.1 Å². The molecule has 0 aliphatic rings. The number of non-ortho nitro benzene ring substituents is 1. The van der Waals surface area contributed by atoms with Gasteiger partial charge in [0, 0.05) is 24.4 Å². The lowest BCUT2D eigenvalue weighted by Crippen LogP contribution is -2.25. The highest BCUT2D eigenvalue weighted by molar-refractivity contribution is 7.89. The van der Waals surface area contributed by atoms with Crippen LogP contribution in [-0.4, -0.2) is 25.8 Å². The molecule has 0 saturated heterocycles. The molecule has 9 heteroatoms. The van der Waals surface area contributed by atoms with Crippen molar-refractivity contribution in [2.75, 3.05) is 11.9 Å². The first-order valence-corrected chi connectivity index (χ1v) is 9.93. The van der Waals surface area contributed by atoms with Gasteiger partial charge in [-0.15, -0.1) is 0 Å². The fraction of sp³-hybridized carbons (Fsp3) is 0.278. The maximum Gasteiger partial charge on any atom is 0.269 e. The largest absolute Gasteiger partial charge is 0.326 e. The van der Waals surface area contributed by atoms with Crippen molar-refractivity contribution in [1.82, 2.24) is 4.72 Å². The number of carbonyl (C=O) groups is 1. The van der Waals surface area contributed by atoms with E-state index in [0.717, 1.165) is 12.8 Å². The summed E-state index contributed by atoms with van der Waals surface area (Å²) in [5.74, 6) is -0.350. The zero-order valence-corrected chi connectivity index (χ0v) is 15.7. The summed E-state index contributed by atoms with van der Waals surface area (Å²) in [5.41, 5.74) is 0.927. The van der Waals surface area contributed by atoms with Crippen molar-refractivity contribution >= 4 is 27.3 Å². The predicted octanol–water partition coefficient (Wildman–Crippen LogP) is 2.85. The first-order valence-electron chi connectivity index (χ1n) is 8.44. The van der Waals surface area contributed by atoms with Crippen LogP contribution in [0.15, 0.2) is 53.4 Å². The summed E-state index contributed by atoms with van der Waals surface area (Å²) in [6.07, 6.45) is 1.63. The number of sulfonamides is 1. The minimum atomic E-state index is -3.63. The van der Waals surface area contributed by atoms with Crippen molar-refractivity contribution in [2.24, 2.45) is 0 Å². The summed E-state index contributed by atoms with van der Waals surface area (Å²) in [4.78, 5) is 22.4. The van der Waals surface area contributed by atoms with Crippen molar-refractivity contribution in [3.8, 4) is 0 Å². The molecule has 1 amide bonds. The molecule has 2 N–H and O–H groups in total. The van der Waals surface area contributed by atoms with E-state index in [1.165, 1.54) is 36.4 Å². The molecule has 2 rings (SSSR count). The Morgan fingerprint density at radius 1 is 1.15 bits per heavy atom. The van der Waals surface area contributed by atoms with Crippen molar-refractivity contribution in [3.63, 3.8) is 0 Å². The summed E-state index contributed by atoms with van der Waals surface area (Å²) in [6, 6.07) is 11.7. The summed E-state index contributed by atoms with van der Waals surface area (Å²) < 4.78 is 27.0. The highest BCUT2D eigenvalue weighted by atomic mass is 32.2. The third kappa shape index (κ3) is 6.15. The van der Waals surface area contributed by atoms with Crippen molar-refractivity contribution in [1.29, 1.82) is 0 Å². The van der Waals surface area contributed by atoms with Gasteiger partial charge in [0.1, 0.15) is 0 Å². The molecule has 0 spiro atoms. The average Bonchev–Trinajstić information content (AvgIpc) is 2.62. The number of unbranched alkanes of at least 4 members (excludes halogenated alkanes) is 1. The second-order valence-corrected chi connectivity index (χ2v) is 7.69. The Bertz CT molecular complexity index is 911. The molecule has 27 heavy (non-hydrogen) atoms. The molecule has 0 bridgehead atoms.